The molecule has 2 N–H and O–H groups in total. The van der Waals surface area contributed by atoms with Crippen molar-refractivity contribution < 1.29 is 0 Å². The monoisotopic (exact) mass is 140 g/mol. The summed E-state index contributed by atoms with van der Waals surface area (Å²) in [7, 11) is 1.94. The highest BCUT2D eigenvalue weighted by molar-refractivity contribution is 4.88. The first-order valence-electron chi connectivity index (χ1n) is 3.45. The number of hydrogen-bond donors (Lipinski definition) is 2. The number of hydrogen-bond acceptors (Lipinski definition) is 2. The average molecular weight is 140 g/mol. The van der Waals surface area contributed by atoms with E-state index in [-0.39, 0.29) is 5.54 Å². The average Bonchev–Trinajstić information content (AvgIpc) is 1.89. The fourth-order valence-electron chi connectivity index (χ4n) is 0.536. The zero-order valence-corrected chi connectivity index (χ0v) is 6.99. The van der Waals surface area contributed by atoms with Crippen LogP contribution >= 0.6 is 0 Å². The number of rotatable bonds is 4. The molecule has 0 radical (unpaired) electrons. The first kappa shape index (κ1) is 9.48. The van der Waals surface area contributed by atoms with Crippen molar-refractivity contribution in [3.63, 3.8) is 0 Å². The Kier molecular flexibility index (Phi) is 4.10. The van der Waals surface area contributed by atoms with Gasteiger partial charge in [-0.15, -0.1) is 6.42 Å². The van der Waals surface area contributed by atoms with Gasteiger partial charge in [0, 0.05) is 12.1 Å². The van der Waals surface area contributed by atoms with Crippen LogP contribution in [0.15, 0.2) is 0 Å². The molecule has 0 atom stereocenters. The third-order valence-corrected chi connectivity index (χ3v) is 1.47. The van der Waals surface area contributed by atoms with Crippen LogP contribution in [-0.4, -0.2) is 25.7 Å². The lowest BCUT2D eigenvalue weighted by Gasteiger charge is -2.23. The fourth-order valence-corrected chi connectivity index (χ4v) is 0.536. The number of nitrogens with one attached hydrogen (secondary N) is 2. The quantitative estimate of drug-likeness (QED) is 0.431. The van der Waals surface area contributed by atoms with E-state index in [1.807, 2.05) is 7.05 Å². The van der Waals surface area contributed by atoms with E-state index in [2.05, 4.69) is 30.4 Å². The molecule has 0 aliphatic carbocycles. The van der Waals surface area contributed by atoms with Crippen molar-refractivity contribution in [2.24, 2.45) is 0 Å². The molecule has 0 aromatic heterocycles. The summed E-state index contributed by atoms with van der Waals surface area (Å²) >= 11 is 0. The van der Waals surface area contributed by atoms with E-state index < -0.39 is 0 Å². The lowest BCUT2D eigenvalue weighted by atomic mass is 10.1. The molecule has 0 amide bonds. The summed E-state index contributed by atoms with van der Waals surface area (Å²) < 4.78 is 0. The second kappa shape index (κ2) is 4.32. The largest absolute Gasteiger partial charge is 0.314 e. The minimum Gasteiger partial charge on any atom is -0.314 e. The lowest BCUT2D eigenvalue weighted by Crippen LogP contribution is -2.45. The highest BCUT2D eigenvalue weighted by atomic mass is 15.0. The molecule has 0 saturated carbocycles. The maximum absolute atomic E-state index is 5.07. The molecule has 0 aliphatic heterocycles. The summed E-state index contributed by atoms with van der Waals surface area (Å²) in [6, 6.07) is 0. The minimum atomic E-state index is 0.136. The smallest absolute Gasteiger partial charge is 0.0574 e. The topological polar surface area (TPSA) is 24.1 Å². The predicted molar refractivity (Wildman–Crippen MR) is 44.8 cm³/mol. The molecule has 0 spiro atoms. The van der Waals surface area contributed by atoms with E-state index in [9.17, 15) is 0 Å². The molecular formula is C8H16N2. The van der Waals surface area contributed by atoms with Gasteiger partial charge in [-0.1, -0.05) is 5.92 Å². The van der Waals surface area contributed by atoms with Gasteiger partial charge in [0.1, 0.15) is 0 Å². The van der Waals surface area contributed by atoms with Crippen LogP contribution in [0.3, 0.4) is 0 Å². The fraction of sp³-hybridized carbons (Fsp3) is 0.750. The predicted octanol–water partition coefficient (Wildman–Crippen LogP) is 0.207. The molecule has 0 aromatic carbocycles. The molecule has 0 aliphatic rings. The first-order valence-corrected chi connectivity index (χ1v) is 3.45. The Hall–Kier alpha value is -0.520. The van der Waals surface area contributed by atoms with Crippen LogP contribution in [-0.2, 0) is 0 Å². The minimum absolute atomic E-state index is 0.136. The normalized spacial score (nSPS) is 11.0. The van der Waals surface area contributed by atoms with E-state index in [1.165, 1.54) is 0 Å². The van der Waals surface area contributed by atoms with Gasteiger partial charge in [0.25, 0.3) is 0 Å². The van der Waals surface area contributed by atoms with E-state index in [4.69, 9.17) is 6.42 Å². The highest BCUT2D eigenvalue weighted by Crippen LogP contribution is 1.96. The maximum atomic E-state index is 5.07. The van der Waals surface area contributed by atoms with E-state index >= 15 is 0 Å². The van der Waals surface area contributed by atoms with Crippen LogP contribution in [0.5, 0.6) is 0 Å². The van der Waals surface area contributed by atoms with Gasteiger partial charge in [0.05, 0.1) is 6.54 Å². The molecule has 0 saturated heterocycles. The van der Waals surface area contributed by atoms with Crippen LogP contribution < -0.4 is 10.6 Å². The van der Waals surface area contributed by atoms with E-state index in [1.54, 1.807) is 0 Å². The lowest BCUT2D eigenvalue weighted by molar-refractivity contribution is 0.403. The summed E-state index contributed by atoms with van der Waals surface area (Å²) in [5.74, 6) is 2.53. The molecule has 0 fully saturated rings. The summed E-state index contributed by atoms with van der Waals surface area (Å²) in [4.78, 5) is 0. The van der Waals surface area contributed by atoms with Crippen LogP contribution in [0, 0.1) is 12.3 Å². The van der Waals surface area contributed by atoms with Gasteiger partial charge in [0.2, 0.25) is 0 Å². The van der Waals surface area contributed by atoms with E-state index in [0.29, 0.717) is 6.54 Å². The van der Waals surface area contributed by atoms with Crippen LogP contribution in [0.25, 0.3) is 0 Å². The van der Waals surface area contributed by atoms with Gasteiger partial charge in [-0.3, -0.25) is 0 Å². The molecule has 10 heavy (non-hydrogen) atoms. The van der Waals surface area contributed by atoms with E-state index in [0.717, 1.165) is 6.54 Å². The Morgan fingerprint density at radius 3 is 2.50 bits per heavy atom. The Bertz CT molecular complexity index is 122. The second-order valence-corrected chi connectivity index (χ2v) is 2.94. The molecule has 58 valence electrons. The van der Waals surface area contributed by atoms with Crippen molar-refractivity contribution in [2.45, 2.75) is 19.4 Å². The van der Waals surface area contributed by atoms with Crippen molar-refractivity contribution in [1.82, 2.24) is 10.6 Å². The van der Waals surface area contributed by atoms with Crippen molar-refractivity contribution in [1.29, 1.82) is 0 Å². The molecule has 0 unspecified atom stereocenters. The summed E-state index contributed by atoms with van der Waals surface area (Å²) in [6.45, 7) is 5.78. The van der Waals surface area contributed by atoms with Gasteiger partial charge in [-0.05, 0) is 20.9 Å². The number of likely N-dealkylation sites (N-methyl/N-ethyl adjacent to an activating group) is 1. The molecule has 0 bridgehead atoms. The zero-order valence-electron chi connectivity index (χ0n) is 6.99. The maximum Gasteiger partial charge on any atom is 0.0574 e. The Morgan fingerprint density at radius 1 is 1.50 bits per heavy atom. The van der Waals surface area contributed by atoms with Crippen molar-refractivity contribution in [3.05, 3.63) is 0 Å². The van der Waals surface area contributed by atoms with Crippen molar-refractivity contribution in [2.75, 3.05) is 20.1 Å². The van der Waals surface area contributed by atoms with Crippen LogP contribution in [0.4, 0.5) is 0 Å². The molecule has 0 rings (SSSR count). The first-order chi connectivity index (χ1) is 4.62. The standard InChI is InChI=1S/C8H16N2/c1-5-6-10-7-8(2,3)9-4/h1,9-10H,6-7H2,2-4H3. The Labute approximate surface area is 63.4 Å². The molecular weight excluding hydrogens is 124 g/mol. The summed E-state index contributed by atoms with van der Waals surface area (Å²) in [5, 5.41) is 6.30. The SMILES string of the molecule is C#CCNCC(C)(C)NC. The third-order valence-electron chi connectivity index (χ3n) is 1.47. The molecule has 2 nitrogen and oxygen atoms in total. The van der Waals surface area contributed by atoms with Gasteiger partial charge in [0.15, 0.2) is 0 Å². The summed E-state index contributed by atoms with van der Waals surface area (Å²) in [5.41, 5.74) is 0.136. The second-order valence-electron chi connectivity index (χ2n) is 2.94. The van der Waals surface area contributed by atoms with Crippen molar-refractivity contribution in [3.8, 4) is 12.3 Å². The van der Waals surface area contributed by atoms with Gasteiger partial charge < -0.3 is 10.6 Å². The Morgan fingerprint density at radius 2 is 2.10 bits per heavy atom. The summed E-state index contributed by atoms with van der Waals surface area (Å²) in [6.07, 6.45) is 5.07. The van der Waals surface area contributed by atoms with Crippen molar-refractivity contribution >= 4 is 0 Å². The number of terminal acetylenes is 1. The Balaban J connectivity index is 3.39. The van der Waals surface area contributed by atoms with Gasteiger partial charge in [-0.25, -0.2) is 0 Å². The van der Waals surface area contributed by atoms with Crippen LogP contribution in [0.1, 0.15) is 13.8 Å². The van der Waals surface area contributed by atoms with Gasteiger partial charge >= 0.3 is 0 Å². The molecule has 0 aromatic rings. The molecule has 2 heteroatoms. The van der Waals surface area contributed by atoms with Crippen LogP contribution in [0.2, 0.25) is 0 Å². The highest BCUT2D eigenvalue weighted by Gasteiger charge is 2.12. The van der Waals surface area contributed by atoms with Gasteiger partial charge in [-0.2, -0.15) is 0 Å². The molecule has 0 heterocycles. The zero-order chi connectivity index (χ0) is 8.04. The third kappa shape index (κ3) is 4.37.